The summed E-state index contributed by atoms with van der Waals surface area (Å²) in [5.74, 6) is 0. The first kappa shape index (κ1) is 9.38. The SMILES string of the molecule is CC(C(C)=S(=O)=O)=S(=O)=O. The van der Waals surface area contributed by atoms with Crippen molar-refractivity contribution >= 4 is 30.3 Å². The Morgan fingerprint density at radius 1 is 0.800 bits per heavy atom. The van der Waals surface area contributed by atoms with Gasteiger partial charge in [-0.1, -0.05) is 0 Å². The third-order valence-corrected chi connectivity index (χ3v) is 2.74. The summed E-state index contributed by atoms with van der Waals surface area (Å²) in [6.45, 7) is 2.46. The van der Waals surface area contributed by atoms with E-state index in [0.717, 1.165) is 0 Å². The van der Waals surface area contributed by atoms with Gasteiger partial charge in [0.1, 0.15) is 0 Å². The molecule has 0 aliphatic rings. The quantitative estimate of drug-likeness (QED) is 0.494. The molecule has 0 aromatic carbocycles. The van der Waals surface area contributed by atoms with Crippen molar-refractivity contribution in [1.82, 2.24) is 0 Å². The molecule has 4 nitrogen and oxygen atoms in total. The van der Waals surface area contributed by atoms with Gasteiger partial charge in [-0.25, -0.2) is 0 Å². The molecule has 0 saturated carbocycles. The lowest BCUT2D eigenvalue weighted by Gasteiger charge is -1.82. The summed E-state index contributed by atoms with van der Waals surface area (Å²) in [4.78, 5) is -0.290. The van der Waals surface area contributed by atoms with Crippen LogP contribution in [0.5, 0.6) is 0 Å². The number of hydrogen-bond donors (Lipinski definition) is 0. The Hall–Kier alpha value is -0.620. The van der Waals surface area contributed by atoms with Crippen LogP contribution in [-0.2, 0) is 20.6 Å². The second-order valence-electron chi connectivity index (χ2n) is 1.58. The van der Waals surface area contributed by atoms with E-state index in [1.54, 1.807) is 0 Å². The lowest BCUT2D eigenvalue weighted by molar-refractivity contribution is 0.624. The fraction of sp³-hybridized carbons (Fsp3) is 0.500. The van der Waals surface area contributed by atoms with Gasteiger partial charge in [0.15, 0.2) is 0 Å². The van der Waals surface area contributed by atoms with Crippen LogP contribution >= 0.6 is 0 Å². The molecule has 0 aliphatic heterocycles. The standard InChI is InChI=1S/C4H6O4S2/c1-3(9(5)6)4(2)10(7)8/h1-2H3. The zero-order chi connectivity index (χ0) is 8.31. The van der Waals surface area contributed by atoms with Crippen LogP contribution in [-0.4, -0.2) is 26.6 Å². The van der Waals surface area contributed by atoms with Crippen LogP contribution in [0.3, 0.4) is 0 Å². The molecular formula is C4H6O4S2. The maximum Gasteiger partial charge on any atom is 0.218 e. The van der Waals surface area contributed by atoms with Crippen LogP contribution in [0.2, 0.25) is 0 Å². The van der Waals surface area contributed by atoms with Crippen LogP contribution in [0.25, 0.3) is 0 Å². The Morgan fingerprint density at radius 2 is 1.00 bits per heavy atom. The second kappa shape index (κ2) is 3.52. The van der Waals surface area contributed by atoms with E-state index in [1.807, 2.05) is 0 Å². The van der Waals surface area contributed by atoms with E-state index in [0.29, 0.717) is 0 Å². The van der Waals surface area contributed by atoms with Crippen molar-refractivity contribution in [3.8, 4) is 0 Å². The Kier molecular flexibility index (Phi) is 3.31. The maximum atomic E-state index is 10.1. The first-order valence-electron chi connectivity index (χ1n) is 2.32. The summed E-state index contributed by atoms with van der Waals surface area (Å²) in [7, 11) is -4.85. The second-order valence-corrected chi connectivity index (χ2v) is 3.75. The van der Waals surface area contributed by atoms with E-state index < -0.39 is 20.6 Å². The van der Waals surface area contributed by atoms with Crippen molar-refractivity contribution in [3.05, 3.63) is 0 Å². The van der Waals surface area contributed by atoms with Gasteiger partial charge < -0.3 is 0 Å². The van der Waals surface area contributed by atoms with Crippen molar-refractivity contribution in [2.45, 2.75) is 13.8 Å². The molecule has 0 aliphatic carbocycles. The molecule has 0 atom stereocenters. The third-order valence-electron chi connectivity index (χ3n) is 0.996. The molecule has 6 heteroatoms. The summed E-state index contributed by atoms with van der Waals surface area (Å²) >= 11 is 0. The predicted molar refractivity (Wildman–Crippen MR) is 39.2 cm³/mol. The molecule has 0 rings (SSSR count). The fourth-order valence-corrected chi connectivity index (χ4v) is 1.11. The average molecular weight is 182 g/mol. The van der Waals surface area contributed by atoms with Gasteiger partial charge >= 0.3 is 0 Å². The zero-order valence-corrected chi connectivity index (χ0v) is 7.08. The van der Waals surface area contributed by atoms with E-state index >= 15 is 0 Å². The Bertz CT molecular complexity index is 325. The smallest absolute Gasteiger partial charge is 0.184 e. The number of rotatable bonds is 1. The highest BCUT2D eigenvalue weighted by molar-refractivity contribution is 7.82. The third kappa shape index (κ3) is 2.32. The molecule has 0 saturated heterocycles. The monoisotopic (exact) mass is 182 g/mol. The van der Waals surface area contributed by atoms with Crippen LogP contribution < -0.4 is 0 Å². The molecule has 0 heterocycles. The van der Waals surface area contributed by atoms with Crippen LogP contribution in [0.15, 0.2) is 0 Å². The molecule has 0 fully saturated rings. The molecule has 0 N–H and O–H groups in total. The van der Waals surface area contributed by atoms with Crippen molar-refractivity contribution in [3.63, 3.8) is 0 Å². The molecule has 0 spiro atoms. The molecule has 0 radical (unpaired) electrons. The summed E-state index contributed by atoms with van der Waals surface area (Å²) in [5.41, 5.74) is 0. The van der Waals surface area contributed by atoms with E-state index in [1.165, 1.54) is 13.8 Å². The molecule has 0 amide bonds. The van der Waals surface area contributed by atoms with Crippen LogP contribution in [0.4, 0.5) is 0 Å². The first-order valence-corrected chi connectivity index (χ1v) is 4.47. The zero-order valence-electron chi connectivity index (χ0n) is 5.45. The largest absolute Gasteiger partial charge is 0.218 e. The molecular weight excluding hydrogens is 176 g/mol. The van der Waals surface area contributed by atoms with Crippen molar-refractivity contribution < 1.29 is 16.8 Å². The lowest BCUT2D eigenvalue weighted by atomic mass is 10.4. The van der Waals surface area contributed by atoms with Gasteiger partial charge in [0.2, 0.25) is 20.6 Å². The average Bonchev–Trinajstić information content (AvgIpc) is 1.84. The van der Waals surface area contributed by atoms with Crippen molar-refractivity contribution in [1.29, 1.82) is 0 Å². The van der Waals surface area contributed by atoms with Gasteiger partial charge in [0.05, 0.1) is 9.73 Å². The summed E-state index contributed by atoms with van der Waals surface area (Å²) < 4.78 is 40.5. The van der Waals surface area contributed by atoms with E-state index in [9.17, 15) is 16.8 Å². The van der Waals surface area contributed by atoms with Gasteiger partial charge in [0, 0.05) is 0 Å². The highest BCUT2D eigenvalue weighted by Crippen LogP contribution is 1.75. The van der Waals surface area contributed by atoms with Gasteiger partial charge in [-0.05, 0) is 13.8 Å². The highest BCUT2D eigenvalue weighted by atomic mass is 32.2. The Labute approximate surface area is 61.6 Å². The predicted octanol–water partition coefficient (Wildman–Crippen LogP) is -0.871. The van der Waals surface area contributed by atoms with E-state index in [4.69, 9.17) is 0 Å². The normalized spacial score (nSPS) is 8.60. The molecule has 10 heavy (non-hydrogen) atoms. The molecule has 0 bridgehead atoms. The van der Waals surface area contributed by atoms with Gasteiger partial charge in [-0.2, -0.15) is 16.8 Å². The summed E-state index contributed by atoms with van der Waals surface area (Å²) in [6, 6.07) is 0. The van der Waals surface area contributed by atoms with Gasteiger partial charge in [-0.3, -0.25) is 0 Å². The molecule has 0 aromatic rings. The van der Waals surface area contributed by atoms with E-state index in [-0.39, 0.29) is 9.73 Å². The van der Waals surface area contributed by atoms with Crippen molar-refractivity contribution in [2.75, 3.05) is 0 Å². The Morgan fingerprint density at radius 3 is 1.10 bits per heavy atom. The first-order chi connectivity index (χ1) is 4.46. The molecule has 0 unspecified atom stereocenters. The molecule has 58 valence electrons. The highest BCUT2D eigenvalue weighted by Gasteiger charge is 1.98. The van der Waals surface area contributed by atoms with Crippen LogP contribution in [0, 0.1) is 0 Å². The minimum absolute atomic E-state index is 0.145. The van der Waals surface area contributed by atoms with E-state index in [2.05, 4.69) is 0 Å². The Balaban J connectivity index is 5.57. The minimum Gasteiger partial charge on any atom is -0.184 e. The van der Waals surface area contributed by atoms with Crippen molar-refractivity contribution in [2.24, 2.45) is 0 Å². The van der Waals surface area contributed by atoms with Gasteiger partial charge in [-0.15, -0.1) is 0 Å². The maximum absolute atomic E-state index is 10.1. The fourth-order valence-electron chi connectivity index (χ4n) is 0.235. The summed E-state index contributed by atoms with van der Waals surface area (Å²) in [5, 5.41) is 0. The molecule has 0 aromatic heterocycles. The number of hydrogen-bond acceptors (Lipinski definition) is 4. The van der Waals surface area contributed by atoms with Crippen LogP contribution in [0.1, 0.15) is 13.8 Å². The topological polar surface area (TPSA) is 68.3 Å². The van der Waals surface area contributed by atoms with Gasteiger partial charge in [0.25, 0.3) is 0 Å². The lowest BCUT2D eigenvalue weighted by Crippen LogP contribution is -2.07. The summed E-state index contributed by atoms with van der Waals surface area (Å²) in [6.07, 6.45) is 0. The minimum atomic E-state index is -2.42.